The molecule has 9 heteroatoms. The van der Waals surface area contributed by atoms with Crippen molar-refractivity contribution in [2.75, 3.05) is 26.3 Å². The lowest BCUT2D eigenvalue weighted by atomic mass is 9.99. The van der Waals surface area contributed by atoms with Gasteiger partial charge in [-0.1, -0.05) is 41.9 Å². The van der Waals surface area contributed by atoms with Gasteiger partial charge in [0, 0.05) is 25.6 Å². The molecule has 0 bridgehead atoms. The first-order chi connectivity index (χ1) is 16.4. The summed E-state index contributed by atoms with van der Waals surface area (Å²) in [5.74, 6) is -1.24. The Hall–Kier alpha value is -3.00. The van der Waals surface area contributed by atoms with Gasteiger partial charge < -0.3 is 24.7 Å². The van der Waals surface area contributed by atoms with Crippen LogP contribution >= 0.6 is 11.6 Å². The highest BCUT2D eigenvalue weighted by molar-refractivity contribution is 6.33. The van der Waals surface area contributed by atoms with Gasteiger partial charge in [-0.05, 0) is 49.7 Å². The van der Waals surface area contributed by atoms with E-state index in [9.17, 15) is 19.8 Å². The van der Waals surface area contributed by atoms with Crippen LogP contribution in [0.4, 0.5) is 0 Å². The third kappa shape index (κ3) is 7.00. The summed E-state index contributed by atoms with van der Waals surface area (Å²) in [7, 11) is 0. The maximum atomic E-state index is 12.7. The average Bonchev–Trinajstić information content (AvgIpc) is 2.80. The molecule has 1 atom stereocenters. The Morgan fingerprint density at radius 2 is 2.00 bits per heavy atom. The monoisotopic (exact) mass is 490 g/mol. The van der Waals surface area contributed by atoms with Crippen molar-refractivity contribution in [1.29, 1.82) is 0 Å². The molecule has 1 fully saturated rings. The van der Waals surface area contributed by atoms with E-state index in [4.69, 9.17) is 21.2 Å². The second-order valence-electron chi connectivity index (χ2n) is 8.58. The standard InChI is InChI=1S/C25H31ClN2O6/c1-17-9-8-11-28(15-17)22(31)16-34-27-18-10-6-4-2-3-5-7-12-33-25(32)23-19(13-18)24(26)21(30)14-20(23)29/h3,5-6,10,14,17,29-30H,2,4,7-9,11-13,15-16H2,1H3/b5-3+,10-6+,27-18-. The van der Waals surface area contributed by atoms with Crippen LogP contribution in [-0.2, 0) is 20.8 Å². The van der Waals surface area contributed by atoms with Crippen LogP contribution in [0.2, 0.25) is 5.02 Å². The van der Waals surface area contributed by atoms with Gasteiger partial charge in [-0.15, -0.1) is 0 Å². The Labute approximate surface area is 204 Å². The van der Waals surface area contributed by atoms with Gasteiger partial charge in [0.2, 0.25) is 0 Å². The predicted molar refractivity (Wildman–Crippen MR) is 129 cm³/mol. The number of hydrogen-bond donors (Lipinski definition) is 2. The molecule has 0 radical (unpaired) electrons. The number of nitrogens with zero attached hydrogens (tertiary/aromatic N) is 2. The number of fused-ring (bicyclic) bond motifs is 1. The molecular weight excluding hydrogens is 460 g/mol. The van der Waals surface area contributed by atoms with E-state index in [-0.39, 0.29) is 47.4 Å². The minimum atomic E-state index is -0.751. The lowest BCUT2D eigenvalue weighted by Crippen LogP contribution is -2.40. The van der Waals surface area contributed by atoms with Gasteiger partial charge >= 0.3 is 5.97 Å². The zero-order valence-electron chi connectivity index (χ0n) is 19.3. The summed E-state index contributed by atoms with van der Waals surface area (Å²) in [5, 5.41) is 24.5. The van der Waals surface area contributed by atoms with E-state index in [1.54, 1.807) is 11.0 Å². The number of phenolic OH excluding ortho intramolecular Hbond substituents is 2. The molecule has 0 saturated carbocycles. The van der Waals surface area contributed by atoms with Crippen molar-refractivity contribution in [3.8, 4) is 11.5 Å². The predicted octanol–water partition coefficient (Wildman–Crippen LogP) is 4.38. The molecule has 8 nitrogen and oxygen atoms in total. The Morgan fingerprint density at radius 3 is 2.79 bits per heavy atom. The van der Waals surface area contributed by atoms with Crippen LogP contribution < -0.4 is 0 Å². The van der Waals surface area contributed by atoms with E-state index in [0.29, 0.717) is 31.1 Å². The molecule has 1 aromatic carbocycles. The molecule has 2 aliphatic heterocycles. The molecule has 2 heterocycles. The number of allylic oxidation sites excluding steroid dienone is 3. The minimum Gasteiger partial charge on any atom is -0.507 e. The van der Waals surface area contributed by atoms with Gasteiger partial charge in [0.15, 0.2) is 6.61 Å². The number of carbonyl (C=O) groups excluding carboxylic acids is 2. The van der Waals surface area contributed by atoms with Crippen molar-refractivity contribution in [3.05, 3.63) is 46.5 Å². The zero-order valence-corrected chi connectivity index (χ0v) is 20.1. The fourth-order valence-electron chi connectivity index (χ4n) is 4.00. The highest BCUT2D eigenvalue weighted by Gasteiger charge is 2.25. The van der Waals surface area contributed by atoms with E-state index in [0.717, 1.165) is 31.7 Å². The molecule has 2 N–H and O–H groups in total. The van der Waals surface area contributed by atoms with Crippen molar-refractivity contribution in [3.63, 3.8) is 0 Å². The van der Waals surface area contributed by atoms with Crippen molar-refractivity contribution >= 4 is 29.2 Å². The molecule has 0 aromatic heterocycles. The maximum absolute atomic E-state index is 12.7. The van der Waals surface area contributed by atoms with E-state index in [2.05, 4.69) is 12.1 Å². The van der Waals surface area contributed by atoms with Crippen LogP contribution in [0.25, 0.3) is 0 Å². The molecule has 184 valence electrons. The number of phenols is 2. The average molecular weight is 491 g/mol. The number of esters is 1. The number of hydrogen-bond acceptors (Lipinski definition) is 7. The number of aromatic hydroxyl groups is 2. The van der Waals surface area contributed by atoms with E-state index < -0.39 is 11.7 Å². The topological polar surface area (TPSA) is 109 Å². The van der Waals surface area contributed by atoms with E-state index in [1.165, 1.54) is 0 Å². The molecule has 0 spiro atoms. The summed E-state index contributed by atoms with van der Waals surface area (Å²) in [4.78, 5) is 32.4. The summed E-state index contributed by atoms with van der Waals surface area (Å²) >= 11 is 6.30. The summed E-state index contributed by atoms with van der Waals surface area (Å²) in [6, 6.07) is 1.01. The summed E-state index contributed by atoms with van der Waals surface area (Å²) in [6.07, 6.45) is 11.7. The van der Waals surface area contributed by atoms with Crippen LogP contribution in [-0.4, -0.2) is 59.0 Å². The number of amides is 1. The zero-order chi connectivity index (χ0) is 24.5. The Morgan fingerprint density at radius 1 is 1.24 bits per heavy atom. The third-order valence-electron chi connectivity index (χ3n) is 5.76. The first-order valence-corrected chi connectivity index (χ1v) is 11.9. The highest BCUT2D eigenvalue weighted by atomic mass is 35.5. The minimum absolute atomic E-state index is 0.0213. The smallest absolute Gasteiger partial charge is 0.342 e. The van der Waals surface area contributed by atoms with Gasteiger partial charge in [0.25, 0.3) is 5.91 Å². The number of oxime groups is 1. The number of carbonyl (C=O) groups is 2. The molecule has 2 aliphatic rings. The highest BCUT2D eigenvalue weighted by Crippen LogP contribution is 2.37. The van der Waals surface area contributed by atoms with Crippen molar-refractivity contribution < 1.29 is 29.4 Å². The number of ether oxygens (including phenoxy) is 1. The maximum Gasteiger partial charge on any atom is 0.342 e. The number of likely N-dealkylation sites (tertiary alicyclic amines) is 1. The first kappa shape index (κ1) is 25.6. The second kappa shape index (κ2) is 12.5. The van der Waals surface area contributed by atoms with Gasteiger partial charge in [-0.3, -0.25) is 4.79 Å². The van der Waals surface area contributed by atoms with Crippen molar-refractivity contribution in [2.24, 2.45) is 11.1 Å². The number of cyclic esters (lactones) is 1. The van der Waals surface area contributed by atoms with E-state index >= 15 is 0 Å². The van der Waals surface area contributed by atoms with Crippen LogP contribution in [0.3, 0.4) is 0 Å². The number of benzene rings is 1. The fraction of sp³-hybridized carbons (Fsp3) is 0.480. The van der Waals surface area contributed by atoms with Gasteiger partial charge in [0.05, 0.1) is 17.3 Å². The van der Waals surface area contributed by atoms with Crippen LogP contribution in [0.1, 0.15) is 54.9 Å². The summed E-state index contributed by atoms with van der Waals surface area (Å²) < 4.78 is 5.28. The molecule has 3 rings (SSSR count). The van der Waals surface area contributed by atoms with Gasteiger partial charge in [0.1, 0.15) is 17.1 Å². The van der Waals surface area contributed by atoms with Gasteiger partial charge in [-0.25, -0.2) is 4.79 Å². The third-order valence-corrected chi connectivity index (χ3v) is 6.18. The molecule has 34 heavy (non-hydrogen) atoms. The second-order valence-corrected chi connectivity index (χ2v) is 8.96. The Bertz CT molecular complexity index is 988. The molecule has 1 unspecified atom stereocenters. The molecule has 1 aromatic rings. The molecule has 0 aliphatic carbocycles. The largest absolute Gasteiger partial charge is 0.507 e. The number of rotatable bonds is 3. The molecular formula is C25H31ClN2O6. The SMILES string of the molecule is CC1CCCN(C(=O)CO/N=C2/C=C/CC/C=C/CCOC(=O)c3c(O)cc(O)c(Cl)c3C2)C1. The quantitative estimate of drug-likeness (QED) is 0.370. The van der Waals surface area contributed by atoms with E-state index in [1.807, 2.05) is 18.2 Å². The lowest BCUT2D eigenvalue weighted by molar-refractivity contribution is -0.137. The normalized spacial score (nSPS) is 22.9. The number of piperidine rings is 1. The Balaban J connectivity index is 1.85. The Kier molecular flexibility index (Phi) is 9.39. The molecule has 1 saturated heterocycles. The molecule has 1 amide bonds. The number of halogens is 1. The summed E-state index contributed by atoms with van der Waals surface area (Å²) in [5.41, 5.74) is 0.407. The van der Waals surface area contributed by atoms with Crippen LogP contribution in [0, 0.1) is 5.92 Å². The van der Waals surface area contributed by atoms with Crippen molar-refractivity contribution in [1.82, 2.24) is 4.90 Å². The van der Waals surface area contributed by atoms with Crippen molar-refractivity contribution in [2.45, 2.75) is 45.4 Å². The lowest BCUT2D eigenvalue weighted by Gasteiger charge is -2.30. The van der Waals surface area contributed by atoms with Crippen LogP contribution in [0.5, 0.6) is 11.5 Å². The fourth-order valence-corrected chi connectivity index (χ4v) is 4.21. The van der Waals surface area contributed by atoms with Crippen LogP contribution in [0.15, 0.2) is 35.5 Å². The van der Waals surface area contributed by atoms with Gasteiger partial charge in [-0.2, -0.15) is 0 Å². The summed E-state index contributed by atoms with van der Waals surface area (Å²) in [6.45, 7) is 3.47. The first-order valence-electron chi connectivity index (χ1n) is 11.6.